The molecule has 3 aromatic rings. The molecule has 0 bridgehead atoms. The zero-order valence-electron chi connectivity index (χ0n) is 23.2. The Morgan fingerprint density at radius 3 is 2.33 bits per heavy atom. The molecule has 1 saturated heterocycles. The first-order valence-corrected chi connectivity index (χ1v) is 15.3. The predicted octanol–water partition coefficient (Wildman–Crippen LogP) is 7.05. The van der Waals surface area contributed by atoms with Crippen LogP contribution in [0.4, 0.5) is 32.0 Å². The second kappa shape index (κ2) is 11.9. The van der Waals surface area contributed by atoms with E-state index in [1.54, 1.807) is 0 Å². The lowest BCUT2D eigenvalue weighted by atomic mass is 9.91. The molecule has 2 heterocycles. The Balaban J connectivity index is 1.52. The summed E-state index contributed by atoms with van der Waals surface area (Å²) in [5, 5.41) is 8.75. The molecule has 1 N–H and O–H groups in total. The number of hydrogen-bond donors (Lipinski definition) is 1. The minimum Gasteiger partial charge on any atom is -0.481 e. The zero-order chi connectivity index (χ0) is 32.8. The maximum atomic E-state index is 13.9. The highest BCUT2D eigenvalue weighted by molar-refractivity contribution is 7.92. The Bertz CT molecular complexity index is 1750. The van der Waals surface area contributed by atoms with Crippen LogP contribution < -0.4 is 9.04 Å². The summed E-state index contributed by atoms with van der Waals surface area (Å²) in [6, 6.07) is 11.0. The van der Waals surface area contributed by atoms with E-state index >= 15 is 0 Å². The smallest absolute Gasteiger partial charge is 0.417 e. The number of fused-ring (bicyclic) bond motifs is 1. The maximum absolute atomic E-state index is 13.9. The first kappa shape index (κ1) is 32.6. The average molecular weight is 675 g/mol. The molecule has 0 aliphatic carbocycles. The Morgan fingerprint density at radius 2 is 1.67 bits per heavy atom. The van der Waals surface area contributed by atoms with Crippen LogP contribution in [-0.4, -0.2) is 56.2 Å². The number of aliphatic carboxylic acids is 1. The Morgan fingerprint density at radius 1 is 0.956 bits per heavy atom. The van der Waals surface area contributed by atoms with Crippen LogP contribution in [0.2, 0.25) is 5.02 Å². The van der Waals surface area contributed by atoms with Crippen LogP contribution >= 0.6 is 11.6 Å². The van der Waals surface area contributed by atoms with Gasteiger partial charge in [-0.15, -0.1) is 0 Å². The van der Waals surface area contributed by atoms with E-state index in [-0.39, 0.29) is 53.6 Å². The van der Waals surface area contributed by atoms with Gasteiger partial charge in [-0.05, 0) is 61.0 Å². The van der Waals surface area contributed by atoms with Crippen molar-refractivity contribution in [1.29, 1.82) is 0 Å². The minimum atomic E-state index is -4.80. The van der Waals surface area contributed by atoms with Crippen LogP contribution in [0.15, 0.2) is 65.6 Å². The molecule has 2 aliphatic rings. The average Bonchev–Trinajstić information content (AvgIpc) is 2.94. The first-order valence-electron chi connectivity index (χ1n) is 13.5. The van der Waals surface area contributed by atoms with Crippen molar-refractivity contribution < 1.29 is 49.4 Å². The number of carboxylic acid groups (broad SMARTS) is 1. The fourth-order valence-electron chi connectivity index (χ4n) is 5.38. The van der Waals surface area contributed by atoms with Crippen molar-refractivity contribution in [2.45, 2.75) is 35.7 Å². The monoisotopic (exact) mass is 674 g/mol. The summed E-state index contributed by atoms with van der Waals surface area (Å²) in [6.07, 6.45) is -6.74. The lowest BCUT2D eigenvalue weighted by molar-refractivity contribution is -0.138. The van der Waals surface area contributed by atoms with Gasteiger partial charge in [0.15, 0.2) is 5.60 Å². The van der Waals surface area contributed by atoms with E-state index in [0.29, 0.717) is 19.0 Å². The van der Waals surface area contributed by atoms with Gasteiger partial charge >= 0.3 is 18.3 Å². The zero-order valence-corrected chi connectivity index (χ0v) is 24.8. The van der Waals surface area contributed by atoms with Crippen LogP contribution in [0.1, 0.15) is 35.1 Å². The number of nitrogens with zero attached hydrogens (tertiary/aromatic N) is 2. The van der Waals surface area contributed by atoms with Gasteiger partial charge in [0, 0.05) is 30.1 Å². The molecular weight excluding hydrogens is 650 g/mol. The number of hydrogen-bond acceptors (Lipinski definition) is 5. The summed E-state index contributed by atoms with van der Waals surface area (Å²) >= 11 is 6.05. The summed E-state index contributed by atoms with van der Waals surface area (Å²) in [7, 11) is -4.60. The molecule has 3 aromatic carbocycles. The van der Waals surface area contributed by atoms with Crippen molar-refractivity contribution in [3.63, 3.8) is 0 Å². The number of benzene rings is 3. The summed E-state index contributed by atoms with van der Waals surface area (Å²) in [5.74, 6) is -0.853. The fourth-order valence-corrected chi connectivity index (χ4v) is 7.21. The molecule has 240 valence electrons. The van der Waals surface area contributed by atoms with Crippen LogP contribution in [0, 0.1) is 0 Å². The van der Waals surface area contributed by atoms with Gasteiger partial charge in [0.25, 0.3) is 10.0 Å². The lowest BCUT2D eigenvalue weighted by Gasteiger charge is -2.54. The second-order valence-corrected chi connectivity index (χ2v) is 13.1. The van der Waals surface area contributed by atoms with E-state index in [2.05, 4.69) is 0 Å². The molecule has 0 aromatic heterocycles. The normalized spacial score (nSPS) is 16.8. The second-order valence-electron chi connectivity index (χ2n) is 10.8. The van der Waals surface area contributed by atoms with E-state index in [1.807, 2.05) is 4.90 Å². The molecule has 2 aliphatic heterocycles. The van der Waals surface area contributed by atoms with Crippen molar-refractivity contribution in [3.8, 4) is 5.75 Å². The van der Waals surface area contributed by atoms with Crippen molar-refractivity contribution in [1.82, 2.24) is 4.90 Å². The third-order valence-corrected chi connectivity index (χ3v) is 9.53. The van der Waals surface area contributed by atoms with Crippen molar-refractivity contribution in [2.24, 2.45) is 0 Å². The molecule has 0 unspecified atom stereocenters. The van der Waals surface area contributed by atoms with Gasteiger partial charge in [-0.25, -0.2) is 8.42 Å². The van der Waals surface area contributed by atoms with Gasteiger partial charge in [0.2, 0.25) is 0 Å². The van der Waals surface area contributed by atoms with Crippen LogP contribution in [0.3, 0.4) is 0 Å². The SMILES string of the molecule is O=C(O)CCCN1CC2(C1)CN(S(=O)(=O)c1cccc(C(F)(F)F)c1)c1cc(/C=C/c3c(Cl)cccc3C(F)(F)F)ccc1O2. The Labute approximate surface area is 259 Å². The van der Waals surface area contributed by atoms with Crippen molar-refractivity contribution in [2.75, 3.05) is 30.5 Å². The Hall–Kier alpha value is -3.75. The highest BCUT2D eigenvalue weighted by atomic mass is 35.5. The van der Waals surface area contributed by atoms with Crippen LogP contribution in [0.5, 0.6) is 5.75 Å². The lowest BCUT2D eigenvalue weighted by Crippen LogP contribution is -2.71. The van der Waals surface area contributed by atoms with Crippen molar-refractivity contribution in [3.05, 3.63) is 87.9 Å². The van der Waals surface area contributed by atoms with E-state index < -0.39 is 50.0 Å². The molecule has 0 atom stereocenters. The van der Waals surface area contributed by atoms with Crippen molar-refractivity contribution >= 4 is 45.4 Å². The number of anilines is 1. The number of ether oxygens (including phenoxy) is 1. The molecule has 0 amide bonds. The van der Waals surface area contributed by atoms with E-state index in [9.17, 15) is 39.6 Å². The number of rotatable bonds is 8. The molecular formula is C30H25ClF6N2O5S. The molecule has 7 nitrogen and oxygen atoms in total. The van der Waals surface area contributed by atoms with Gasteiger partial charge in [-0.2, -0.15) is 26.3 Å². The molecule has 45 heavy (non-hydrogen) atoms. The topological polar surface area (TPSA) is 87.2 Å². The summed E-state index contributed by atoms with van der Waals surface area (Å²) in [6.45, 7) is 0.602. The molecule has 15 heteroatoms. The quantitative estimate of drug-likeness (QED) is 0.204. The fraction of sp³-hybridized carbons (Fsp3) is 0.300. The molecule has 5 rings (SSSR count). The number of halogens is 7. The number of carboxylic acids is 1. The molecule has 1 spiro atoms. The molecule has 0 radical (unpaired) electrons. The predicted molar refractivity (Wildman–Crippen MR) is 154 cm³/mol. The number of sulfonamides is 1. The van der Waals surface area contributed by atoms with Gasteiger partial charge in [-0.1, -0.05) is 42.0 Å². The highest BCUT2D eigenvalue weighted by Gasteiger charge is 2.52. The summed E-state index contributed by atoms with van der Waals surface area (Å²) in [5.41, 5.74) is -3.24. The van der Waals surface area contributed by atoms with E-state index in [1.165, 1.54) is 36.4 Å². The van der Waals surface area contributed by atoms with E-state index in [0.717, 1.165) is 34.6 Å². The Kier molecular flexibility index (Phi) is 8.62. The molecule has 1 fully saturated rings. The molecule has 0 saturated carbocycles. The van der Waals surface area contributed by atoms with Gasteiger partial charge in [0.1, 0.15) is 5.75 Å². The largest absolute Gasteiger partial charge is 0.481 e. The summed E-state index contributed by atoms with van der Waals surface area (Å²) in [4.78, 5) is 12.1. The highest BCUT2D eigenvalue weighted by Crippen LogP contribution is 2.45. The standard InChI is InChI=1S/C30H25ClF6N2O5S/c31-24-7-2-6-23(30(35,36)37)22(24)11-9-19-10-12-26-25(14-19)39(18-28(44-26)16-38(17-28)13-3-8-27(40)41)45(42,43)21-5-1-4-20(15-21)29(32,33)34/h1-2,4-7,9-12,14-15H,3,8,13,16-18H2,(H,40,41)/b11-9+. The van der Waals surface area contributed by atoms with Crippen LogP contribution in [0.25, 0.3) is 12.2 Å². The minimum absolute atomic E-state index is 0.0142. The van der Waals surface area contributed by atoms with Gasteiger partial charge in [-0.3, -0.25) is 14.0 Å². The van der Waals surface area contributed by atoms with Gasteiger partial charge in [0.05, 0.1) is 28.3 Å². The van der Waals surface area contributed by atoms with Gasteiger partial charge < -0.3 is 9.84 Å². The van der Waals surface area contributed by atoms with Crippen LogP contribution in [-0.2, 0) is 27.2 Å². The summed E-state index contributed by atoms with van der Waals surface area (Å²) < 4.78 is 116. The maximum Gasteiger partial charge on any atom is 0.417 e. The first-order chi connectivity index (χ1) is 21.0. The third kappa shape index (κ3) is 6.92. The van der Waals surface area contributed by atoms with E-state index in [4.69, 9.17) is 21.4 Å². The number of carbonyl (C=O) groups is 1. The number of likely N-dealkylation sites (tertiary alicyclic amines) is 1. The third-order valence-electron chi connectivity index (χ3n) is 7.45. The number of alkyl halides is 6.